The smallest absolute Gasteiger partial charge is 0.344 e. The van der Waals surface area contributed by atoms with Crippen LogP contribution in [0.1, 0.15) is 28.2 Å². The van der Waals surface area contributed by atoms with Crippen LogP contribution in [0, 0.1) is 6.92 Å². The molecular weight excluding hydrogens is 348 g/mol. The van der Waals surface area contributed by atoms with Crippen LogP contribution in [0.15, 0.2) is 94.2 Å². The second-order valence-corrected chi connectivity index (χ2v) is 6.97. The van der Waals surface area contributed by atoms with Crippen molar-refractivity contribution < 1.29 is 9.15 Å². The molecule has 28 heavy (non-hydrogen) atoms. The third kappa shape index (κ3) is 2.64. The monoisotopic (exact) mass is 366 g/mol. The quantitative estimate of drug-likeness (QED) is 0.429. The number of aryl methyl sites for hydroxylation is 1. The van der Waals surface area contributed by atoms with E-state index in [0.29, 0.717) is 16.9 Å². The first-order valence-electron chi connectivity index (χ1n) is 9.29. The highest BCUT2D eigenvalue weighted by Crippen LogP contribution is 2.43. The lowest BCUT2D eigenvalue weighted by Crippen LogP contribution is -2.19. The van der Waals surface area contributed by atoms with Gasteiger partial charge in [0.1, 0.15) is 17.1 Å². The average Bonchev–Trinajstić information content (AvgIpc) is 2.75. The van der Waals surface area contributed by atoms with Crippen molar-refractivity contribution in [2.45, 2.75) is 12.8 Å². The minimum atomic E-state index is -0.353. The van der Waals surface area contributed by atoms with Gasteiger partial charge in [0.05, 0.1) is 10.9 Å². The molecule has 1 atom stereocenters. The van der Waals surface area contributed by atoms with Crippen molar-refractivity contribution in [3.05, 3.63) is 118 Å². The molecular formula is C25H18O3. The lowest BCUT2D eigenvalue weighted by molar-refractivity contribution is 0.471. The molecule has 0 amide bonds. The fraction of sp³-hybridized carbons (Fsp3) is 0.0800. The number of allylic oxidation sites excluding steroid dienone is 1. The maximum Gasteiger partial charge on any atom is 0.344 e. The van der Waals surface area contributed by atoms with Crippen LogP contribution in [0.2, 0.25) is 0 Å². The Bertz CT molecular complexity index is 1250. The number of rotatable bonds is 2. The summed E-state index contributed by atoms with van der Waals surface area (Å²) in [6.45, 7) is 1.93. The molecule has 4 aromatic rings. The Kier molecular flexibility index (Phi) is 3.87. The second-order valence-electron chi connectivity index (χ2n) is 6.97. The molecule has 136 valence electrons. The minimum absolute atomic E-state index is 0.235. The van der Waals surface area contributed by atoms with Gasteiger partial charge in [-0.2, -0.15) is 0 Å². The minimum Gasteiger partial charge on any atom is -0.456 e. The van der Waals surface area contributed by atoms with Crippen LogP contribution in [0.5, 0.6) is 5.75 Å². The molecule has 0 aliphatic carbocycles. The van der Waals surface area contributed by atoms with Gasteiger partial charge >= 0.3 is 5.63 Å². The Hall–Kier alpha value is -3.59. The second kappa shape index (κ2) is 6.54. The zero-order chi connectivity index (χ0) is 19.1. The van der Waals surface area contributed by atoms with E-state index >= 15 is 0 Å². The third-order valence-electron chi connectivity index (χ3n) is 5.17. The van der Waals surface area contributed by atoms with E-state index in [-0.39, 0.29) is 11.5 Å². The van der Waals surface area contributed by atoms with Crippen molar-refractivity contribution in [2.24, 2.45) is 0 Å². The van der Waals surface area contributed by atoms with E-state index in [9.17, 15) is 4.79 Å². The van der Waals surface area contributed by atoms with Gasteiger partial charge in [-0.25, -0.2) is 4.79 Å². The standard InChI is InChI=1S/C25H18O3/c1-16-9-8-14-19-23(16)28-25(26)22-20(17-10-4-2-5-11-17)15-21(27-24(19)22)18-12-6-3-7-13-18/h2-15,20H,1H3. The van der Waals surface area contributed by atoms with Gasteiger partial charge in [-0.05, 0) is 30.2 Å². The molecule has 0 fully saturated rings. The SMILES string of the molecule is Cc1cccc2c3c(c(=O)oc12)C(c1ccccc1)C=C(c1ccccc1)O3. The van der Waals surface area contributed by atoms with Crippen molar-refractivity contribution in [1.82, 2.24) is 0 Å². The molecule has 1 aromatic heterocycles. The Morgan fingerprint density at radius 3 is 2.29 bits per heavy atom. The summed E-state index contributed by atoms with van der Waals surface area (Å²) in [5.74, 6) is 1.10. The number of ether oxygens (including phenoxy) is 1. The Labute approximate surface area is 162 Å². The van der Waals surface area contributed by atoms with Crippen LogP contribution in [0.3, 0.4) is 0 Å². The molecule has 3 nitrogen and oxygen atoms in total. The number of fused-ring (bicyclic) bond motifs is 3. The maximum absolute atomic E-state index is 13.0. The third-order valence-corrected chi connectivity index (χ3v) is 5.17. The van der Waals surface area contributed by atoms with Gasteiger partial charge in [0.15, 0.2) is 0 Å². The molecule has 0 saturated heterocycles. The topological polar surface area (TPSA) is 39.4 Å². The van der Waals surface area contributed by atoms with Crippen LogP contribution < -0.4 is 10.4 Å². The molecule has 0 saturated carbocycles. The Morgan fingerprint density at radius 1 is 0.821 bits per heavy atom. The molecule has 3 aromatic carbocycles. The predicted molar refractivity (Wildman–Crippen MR) is 111 cm³/mol. The van der Waals surface area contributed by atoms with Gasteiger partial charge in [-0.3, -0.25) is 0 Å². The molecule has 0 spiro atoms. The largest absolute Gasteiger partial charge is 0.456 e. The lowest BCUT2D eigenvalue weighted by atomic mass is 9.88. The van der Waals surface area contributed by atoms with Crippen molar-refractivity contribution in [1.29, 1.82) is 0 Å². The number of hydrogen-bond donors (Lipinski definition) is 0. The fourth-order valence-corrected chi connectivity index (χ4v) is 3.79. The van der Waals surface area contributed by atoms with E-state index in [1.54, 1.807) is 0 Å². The Balaban J connectivity index is 1.82. The summed E-state index contributed by atoms with van der Waals surface area (Å²) in [5, 5.41) is 0.817. The van der Waals surface area contributed by atoms with E-state index in [0.717, 1.165) is 27.8 Å². The van der Waals surface area contributed by atoms with E-state index in [1.165, 1.54) is 0 Å². The van der Waals surface area contributed by atoms with E-state index in [4.69, 9.17) is 9.15 Å². The van der Waals surface area contributed by atoms with E-state index in [2.05, 4.69) is 0 Å². The highest BCUT2D eigenvalue weighted by molar-refractivity contribution is 5.89. The fourth-order valence-electron chi connectivity index (χ4n) is 3.79. The molecule has 1 aliphatic rings. The molecule has 0 N–H and O–H groups in total. The molecule has 2 heterocycles. The first-order valence-corrected chi connectivity index (χ1v) is 9.29. The predicted octanol–water partition coefficient (Wildman–Crippen LogP) is 5.67. The van der Waals surface area contributed by atoms with Crippen LogP contribution in [0.4, 0.5) is 0 Å². The van der Waals surface area contributed by atoms with Gasteiger partial charge < -0.3 is 9.15 Å². The van der Waals surface area contributed by atoms with E-state index in [1.807, 2.05) is 91.9 Å². The summed E-state index contributed by atoms with van der Waals surface area (Å²) in [6.07, 6.45) is 2.01. The van der Waals surface area contributed by atoms with Crippen molar-refractivity contribution in [2.75, 3.05) is 0 Å². The highest BCUT2D eigenvalue weighted by atomic mass is 16.5. The number of hydrogen-bond acceptors (Lipinski definition) is 3. The lowest BCUT2D eigenvalue weighted by Gasteiger charge is -2.25. The summed E-state index contributed by atoms with van der Waals surface area (Å²) >= 11 is 0. The van der Waals surface area contributed by atoms with Crippen LogP contribution in [-0.4, -0.2) is 0 Å². The molecule has 1 unspecified atom stereocenters. The van der Waals surface area contributed by atoms with Crippen LogP contribution in [0.25, 0.3) is 16.7 Å². The van der Waals surface area contributed by atoms with Gasteiger partial charge in [0.2, 0.25) is 0 Å². The summed E-state index contributed by atoms with van der Waals surface area (Å²) in [4.78, 5) is 13.0. The normalized spacial score (nSPS) is 15.6. The van der Waals surface area contributed by atoms with Gasteiger partial charge in [0, 0.05) is 11.5 Å². The molecule has 1 aliphatic heterocycles. The number of benzene rings is 3. The molecule has 5 rings (SSSR count). The average molecular weight is 366 g/mol. The molecule has 3 heteroatoms. The summed E-state index contributed by atoms with van der Waals surface area (Å²) in [7, 11) is 0. The summed E-state index contributed by atoms with van der Waals surface area (Å²) in [6, 6.07) is 25.8. The Morgan fingerprint density at radius 2 is 1.54 bits per heavy atom. The summed E-state index contributed by atoms with van der Waals surface area (Å²) in [5.41, 5.74) is 3.68. The van der Waals surface area contributed by atoms with Gasteiger partial charge in [-0.1, -0.05) is 72.8 Å². The van der Waals surface area contributed by atoms with Crippen LogP contribution >= 0.6 is 0 Å². The highest BCUT2D eigenvalue weighted by Gasteiger charge is 2.30. The molecule has 0 bridgehead atoms. The van der Waals surface area contributed by atoms with Crippen molar-refractivity contribution >= 4 is 16.7 Å². The van der Waals surface area contributed by atoms with Gasteiger partial charge in [0.25, 0.3) is 0 Å². The zero-order valence-corrected chi connectivity index (χ0v) is 15.4. The van der Waals surface area contributed by atoms with E-state index < -0.39 is 0 Å². The summed E-state index contributed by atoms with van der Waals surface area (Å²) < 4.78 is 12.0. The molecule has 0 radical (unpaired) electrons. The first kappa shape index (κ1) is 16.6. The zero-order valence-electron chi connectivity index (χ0n) is 15.4. The van der Waals surface area contributed by atoms with Gasteiger partial charge in [-0.15, -0.1) is 0 Å². The first-order chi connectivity index (χ1) is 13.7. The van der Waals surface area contributed by atoms with Crippen molar-refractivity contribution in [3.8, 4) is 5.75 Å². The number of para-hydroxylation sites is 1. The maximum atomic E-state index is 13.0. The van der Waals surface area contributed by atoms with Crippen molar-refractivity contribution in [3.63, 3.8) is 0 Å². The van der Waals surface area contributed by atoms with Crippen LogP contribution in [-0.2, 0) is 0 Å².